The number of fused-ring (bicyclic) bond motifs is 1. The van der Waals surface area contributed by atoms with Gasteiger partial charge in [0.2, 0.25) is 5.95 Å². The van der Waals surface area contributed by atoms with Crippen LogP contribution in [-0.4, -0.2) is 9.55 Å². The Kier molecular flexibility index (Phi) is 3.18. The Morgan fingerprint density at radius 1 is 1.35 bits per heavy atom. The minimum Gasteiger partial charge on any atom is -0.369 e. The molecule has 0 unspecified atom stereocenters. The third-order valence-electron chi connectivity index (χ3n) is 3.20. The summed E-state index contributed by atoms with van der Waals surface area (Å²) in [6.45, 7) is 1.97. The van der Waals surface area contributed by atoms with Crippen molar-refractivity contribution >= 4 is 44.5 Å². The highest BCUT2D eigenvalue weighted by Crippen LogP contribution is 2.31. The zero-order chi connectivity index (χ0) is 14.4. The molecule has 0 aliphatic carbocycles. The van der Waals surface area contributed by atoms with Gasteiger partial charge in [-0.15, -0.1) is 0 Å². The average molecular weight is 355 g/mol. The largest absolute Gasteiger partial charge is 0.369 e. The van der Waals surface area contributed by atoms with Gasteiger partial charge >= 0.3 is 0 Å². The van der Waals surface area contributed by atoms with Gasteiger partial charge in [-0.25, -0.2) is 9.37 Å². The molecule has 0 fully saturated rings. The normalized spacial score (nSPS) is 11.2. The summed E-state index contributed by atoms with van der Waals surface area (Å²) in [5, 5.41) is 0.0475. The lowest BCUT2D eigenvalue weighted by atomic mass is 10.2. The molecule has 0 radical (unpaired) electrons. The van der Waals surface area contributed by atoms with E-state index in [0.29, 0.717) is 17.0 Å². The van der Waals surface area contributed by atoms with Crippen LogP contribution in [0.15, 0.2) is 34.8 Å². The molecule has 0 atom stereocenters. The lowest BCUT2D eigenvalue weighted by molar-refractivity contribution is 0.630. The van der Waals surface area contributed by atoms with E-state index in [0.717, 1.165) is 15.7 Å². The molecule has 0 saturated heterocycles. The number of hydrogen-bond donors (Lipinski definition) is 1. The van der Waals surface area contributed by atoms with Crippen molar-refractivity contribution in [2.45, 2.75) is 6.92 Å². The molecule has 3 aromatic rings. The second kappa shape index (κ2) is 4.75. The first-order valence-electron chi connectivity index (χ1n) is 5.87. The van der Waals surface area contributed by atoms with Gasteiger partial charge in [-0.2, -0.15) is 0 Å². The van der Waals surface area contributed by atoms with Crippen molar-refractivity contribution in [2.75, 3.05) is 5.73 Å². The van der Waals surface area contributed by atoms with E-state index in [4.69, 9.17) is 17.3 Å². The number of halogens is 3. The van der Waals surface area contributed by atoms with Crippen LogP contribution in [0, 0.1) is 12.7 Å². The van der Waals surface area contributed by atoms with E-state index in [1.165, 1.54) is 12.1 Å². The zero-order valence-corrected chi connectivity index (χ0v) is 12.8. The van der Waals surface area contributed by atoms with Gasteiger partial charge in [0.15, 0.2) is 0 Å². The second-order valence-electron chi connectivity index (χ2n) is 4.44. The summed E-state index contributed by atoms with van der Waals surface area (Å²) in [7, 11) is 0. The van der Waals surface area contributed by atoms with Gasteiger partial charge in [0.25, 0.3) is 0 Å². The number of nitrogens with two attached hydrogens (primary N) is 1. The Morgan fingerprint density at radius 2 is 2.10 bits per heavy atom. The molecule has 102 valence electrons. The van der Waals surface area contributed by atoms with Crippen LogP contribution in [0.3, 0.4) is 0 Å². The summed E-state index contributed by atoms with van der Waals surface area (Å²) in [5.74, 6) is -0.211. The minimum atomic E-state index is -0.505. The zero-order valence-electron chi connectivity index (χ0n) is 10.5. The average Bonchev–Trinajstić information content (AvgIpc) is 2.69. The number of hydrogen-bond acceptors (Lipinski definition) is 2. The second-order valence-corrected chi connectivity index (χ2v) is 5.71. The highest BCUT2D eigenvalue weighted by Gasteiger charge is 2.15. The van der Waals surface area contributed by atoms with E-state index < -0.39 is 5.82 Å². The van der Waals surface area contributed by atoms with Gasteiger partial charge in [-0.1, -0.05) is 33.6 Å². The molecule has 2 aromatic carbocycles. The molecule has 20 heavy (non-hydrogen) atoms. The molecule has 2 N–H and O–H groups in total. The van der Waals surface area contributed by atoms with E-state index >= 15 is 0 Å². The first-order valence-corrected chi connectivity index (χ1v) is 7.04. The Bertz CT molecular complexity index is 829. The first kappa shape index (κ1) is 13.4. The van der Waals surface area contributed by atoms with Crippen LogP contribution in [0.4, 0.5) is 10.3 Å². The highest BCUT2D eigenvalue weighted by atomic mass is 79.9. The van der Waals surface area contributed by atoms with Crippen molar-refractivity contribution in [3.8, 4) is 5.69 Å². The van der Waals surface area contributed by atoms with Crippen molar-refractivity contribution in [3.63, 3.8) is 0 Å². The lowest BCUT2D eigenvalue weighted by Crippen LogP contribution is -2.02. The molecule has 1 aromatic heterocycles. The molecule has 3 rings (SSSR count). The lowest BCUT2D eigenvalue weighted by Gasteiger charge is -2.11. The molecule has 0 amide bonds. The summed E-state index contributed by atoms with van der Waals surface area (Å²) in [4.78, 5) is 4.19. The third kappa shape index (κ3) is 1.98. The Labute approximate surface area is 128 Å². The smallest absolute Gasteiger partial charge is 0.205 e. The fourth-order valence-electron chi connectivity index (χ4n) is 2.18. The summed E-state index contributed by atoms with van der Waals surface area (Å²) in [6, 6.07) is 8.60. The van der Waals surface area contributed by atoms with E-state index in [9.17, 15) is 4.39 Å². The fraction of sp³-hybridized carbons (Fsp3) is 0.0714. The topological polar surface area (TPSA) is 43.8 Å². The number of anilines is 1. The maximum Gasteiger partial charge on any atom is 0.205 e. The summed E-state index contributed by atoms with van der Waals surface area (Å²) < 4.78 is 16.2. The van der Waals surface area contributed by atoms with Crippen molar-refractivity contribution in [2.24, 2.45) is 0 Å². The van der Waals surface area contributed by atoms with Crippen LogP contribution >= 0.6 is 27.5 Å². The van der Waals surface area contributed by atoms with E-state index in [2.05, 4.69) is 20.9 Å². The minimum absolute atomic E-state index is 0.0475. The maximum absolute atomic E-state index is 13.5. The van der Waals surface area contributed by atoms with Crippen LogP contribution in [0.1, 0.15) is 5.56 Å². The van der Waals surface area contributed by atoms with E-state index in [1.54, 1.807) is 4.57 Å². The van der Waals surface area contributed by atoms with Crippen LogP contribution < -0.4 is 5.73 Å². The van der Waals surface area contributed by atoms with Crippen molar-refractivity contribution < 1.29 is 4.39 Å². The van der Waals surface area contributed by atoms with Gasteiger partial charge in [0, 0.05) is 10.5 Å². The number of nitrogens with zero attached hydrogens (tertiary/aromatic N) is 2. The number of rotatable bonds is 1. The Morgan fingerprint density at radius 3 is 2.85 bits per heavy atom. The molecular formula is C14H10BrClFN3. The Hall–Kier alpha value is -1.59. The van der Waals surface area contributed by atoms with Gasteiger partial charge in [-0.3, -0.25) is 4.57 Å². The van der Waals surface area contributed by atoms with Crippen LogP contribution in [0.2, 0.25) is 5.02 Å². The van der Waals surface area contributed by atoms with Gasteiger partial charge in [0.1, 0.15) is 5.82 Å². The van der Waals surface area contributed by atoms with E-state index in [1.807, 2.05) is 25.1 Å². The quantitative estimate of drug-likeness (QED) is 0.700. The fourth-order valence-corrected chi connectivity index (χ4v) is 2.70. The molecule has 0 aliphatic heterocycles. The summed E-state index contributed by atoms with van der Waals surface area (Å²) in [6.07, 6.45) is 0. The van der Waals surface area contributed by atoms with Crippen LogP contribution in [-0.2, 0) is 0 Å². The van der Waals surface area contributed by atoms with Crippen LogP contribution in [0.5, 0.6) is 0 Å². The SMILES string of the molecule is Cc1c(Br)cccc1-n1c(N)nc2cc(F)c(Cl)cc21. The van der Waals surface area contributed by atoms with Crippen LogP contribution in [0.25, 0.3) is 16.7 Å². The monoisotopic (exact) mass is 353 g/mol. The van der Waals surface area contributed by atoms with Crippen molar-refractivity contribution in [1.29, 1.82) is 0 Å². The van der Waals surface area contributed by atoms with Gasteiger partial charge in [0.05, 0.1) is 21.7 Å². The van der Waals surface area contributed by atoms with E-state index in [-0.39, 0.29) is 5.02 Å². The number of nitrogen functional groups attached to an aromatic ring is 1. The predicted molar refractivity (Wildman–Crippen MR) is 82.9 cm³/mol. The molecule has 3 nitrogen and oxygen atoms in total. The third-order valence-corrected chi connectivity index (χ3v) is 4.35. The van der Waals surface area contributed by atoms with Crippen molar-refractivity contribution in [1.82, 2.24) is 9.55 Å². The molecular weight excluding hydrogens is 345 g/mol. The molecule has 0 aliphatic rings. The number of imidazole rings is 1. The standard InChI is InChI=1S/C14H10BrClFN3/c1-7-8(15)3-2-4-12(7)20-13-5-9(16)10(17)6-11(13)19-14(20)18/h2-6H,1H3,(H2,18,19). The molecule has 0 bridgehead atoms. The number of benzene rings is 2. The highest BCUT2D eigenvalue weighted by molar-refractivity contribution is 9.10. The summed E-state index contributed by atoms with van der Waals surface area (Å²) >= 11 is 9.35. The summed E-state index contributed by atoms with van der Waals surface area (Å²) in [5.41, 5.74) is 9.02. The maximum atomic E-state index is 13.5. The first-order chi connectivity index (χ1) is 9.49. The number of aromatic nitrogens is 2. The molecule has 1 heterocycles. The van der Waals surface area contributed by atoms with Gasteiger partial charge in [-0.05, 0) is 30.7 Å². The van der Waals surface area contributed by atoms with Crippen molar-refractivity contribution in [3.05, 3.63) is 51.2 Å². The predicted octanol–water partition coefficient (Wildman–Crippen LogP) is 4.47. The Balaban J connectivity index is 2.39. The molecule has 6 heteroatoms. The molecule has 0 saturated carbocycles. The van der Waals surface area contributed by atoms with Gasteiger partial charge < -0.3 is 5.73 Å². The molecule has 0 spiro atoms.